The van der Waals surface area contributed by atoms with Crippen LogP contribution in [0.4, 0.5) is 0 Å². The van der Waals surface area contributed by atoms with E-state index in [1.165, 1.54) is 40.0 Å². The molecule has 0 spiro atoms. The van der Waals surface area contributed by atoms with E-state index in [1.807, 2.05) is 0 Å². The fourth-order valence-electron chi connectivity index (χ4n) is 9.17. The van der Waals surface area contributed by atoms with E-state index in [4.69, 9.17) is 14.2 Å². The Bertz CT molecular complexity index is 1010. The molecular weight excluding hydrogens is 492 g/mol. The summed E-state index contributed by atoms with van der Waals surface area (Å²) in [5.41, 5.74) is 1.12. The minimum absolute atomic E-state index is 0.0163. The molecule has 0 aromatic heterocycles. The SMILES string of the molecule is CC(=O)OC(CC[C@@H](C)[C@H]1CC[C@H]2[C@@H]3C=CC4=C[C@@H](OC(C)=O)C[C@H](OC(C)=O)[C@]4(C)[C@H]3CC[C@]12C)C(C)C. The second-order valence-corrected chi connectivity index (χ2v) is 13.7. The second kappa shape index (κ2) is 11.4. The van der Waals surface area contributed by atoms with Crippen LogP contribution in [0.3, 0.4) is 0 Å². The summed E-state index contributed by atoms with van der Waals surface area (Å²) in [6, 6.07) is 0. The van der Waals surface area contributed by atoms with Gasteiger partial charge in [0.25, 0.3) is 0 Å². The average Bonchev–Trinajstić information content (AvgIpc) is 3.18. The molecule has 2 saturated carbocycles. The van der Waals surface area contributed by atoms with Crippen molar-refractivity contribution in [1.29, 1.82) is 0 Å². The van der Waals surface area contributed by atoms with Crippen LogP contribution in [-0.2, 0) is 28.6 Å². The number of carbonyl (C=O) groups is 3. The molecule has 0 aromatic carbocycles. The van der Waals surface area contributed by atoms with Gasteiger partial charge in [-0.1, -0.05) is 46.8 Å². The first-order valence-corrected chi connectivity index (χ1v) is 15.2. The number of hydrogen-bond donors (Lipinski definition) is 0. The molecule has 4 rings (SSSR count). The Kier molecular flexibility index (Phi) is 8.73. The lowest BCUT2D eigenvalue weighted by Gasteiger charge is -2.58. The third-order valence-corrected chi connectivity index (χ3v) is 11.1. The average molecular weight is 543 g/mol. The predicted octanol–water partition coefficient (Wildman–Crippen LogP) is 6.82. The number of hydrogen-bond acceptors (Lipinski definition) is 6. The van der Waals surface area contributed by atoms with Crippen molar-refractivity contribution in [2.45, 2.75) is 119 Å². The minimum Gasteiger partial charge on any atom is -0.462 e. The van der Waals surface area contributed by atoms with Gasteiger partial charge in [-0.2, -0.15) is 0 Å². The number of esters is 3. The second-order valence-electron chi connectivity index (χ2n) is 13.7. The van der Waals surface area contributed by atoms with Gasteiger partial charge in [-0.3, -0.25) is 14.4 Å². The maximum Gasteiger partial charge on any atom is 0.303 e. The predicted molar refractivity (Wildman–Crippen MR) is 150 cm³/mol. The molecule has 1 unspecified atom stereocenters. The topological polar surface area (TPSA) is 78.9 Å². The maximum absolute atomic E-state index is 12.2. The van der Waals surface area contributed by atoms with Gasteiger partial charge < -0.3 is 14.2 Å². The molecule has 2 fully saturated rings. The zero-order valence-electron chi connectivity index (χ0n) is 25.3. The summed E-state index contributed by atoms with van der Waals surface area (Å²) in [6.45, 7) is 15.9. The monoisotopic (exact) mass is 542 g/mol. The maximum atomic E-state index is 12.2. The minimum atomic E-state index is -0.372. The van der Waals surface area contributed by atoms with Gasteiger partial charge >= 0.3 is 17.9 Å². The van der Waals surface area contributed by atoms with Crippen LogP contribution in [0.15, 0.2) is 23.8 Å². The summed E-state index contributed by atoms with van der Waals surface area (Å²) in [4.78, 5) is 35.5. The molecule has 6 heteroatoms. The van der Waals surface area contributed by atoms with Crippen LogP contribution >= 0.6 is 0 Å². The van der Waals surface area contributed by atoms with Crippen molar-refractivity contribution >= 4 is 17.9 Å². The van der Waals surface area contributed by atoms with Gasteiger partial charge in [0.1, 0.15) is 18.3 Å². The van der Waals surface area contributed by atoms with Crippen molar-refractivity contribution < 1.29 is 28.6 Å². The van der Waals surface area contributed by atoms with Crippen molar-refractivity contribution in [2.75, 3.05) is 0 Å². The molecule has 0 radical (unpaired) electrons. The lowest BCUT2D eigenvalue weighted by Crippen LogP contribution is -2.55. The number of carbonyl (C=O) groups excluding carboxylic acids is 3. The van der Waals surface area contributed by atoms with Gasteiger partial charge in [0.2, 0.25) is 0 Å². The third-order valence-electron chi connectivity index (χ3n) is 11.1. The first-order chi connectivity index (χ1) is 18.3. The molecule has 10 atom stereocenters. The van der Waals surface area contributed by atoms with Crippen LogP contribution in [0.2, 0.25) is 0 Å². The summed E-state index contributed by atoms with van der Waals surface area (Å²) in [7, 11) is 0. The summed E-state index contributed by atoms with van der Waals surface area (Å²) in [6.07, 6.45) is 13.3. The molecule has 4 aliphatic rings. The van der Waals surface area contributed by atoms with E-state index >= 15 is 0 Å². The number of rotatable bonds is 8. The van der Waals surface area contributed by atoms with Crippen LogP contribution in [-0.4, -0.2) is 36.2 Å². The first-order valence-electron chi connectivity index (χ1n) is 15.2. The molecule has 0 saturated heterocycles. The van der Waals surface area contributed by atoms with Gasteiger partial charge in [0, 0.05) is 32.6 Å². The van der Waals surface area contributed by atoms with Gasteiger partial charge in [0.05, 0.1) is 0 Å². The molecule has 6 nitrogen and oxygen atoms in total. The molecule has 0 aliphatic heterocycles. The molecule has 0 amide bonds. The van der Waals surface area contributed by atoms with Gasteiger partial charge in [-0.05, 0) is 91.1 Å². The third kappa shape index (κ3) is 5.72. The molecule has 4 aliphatic carbocycles. The van der Waals surface area contributed by atoms with Crippen LogP contribution in [0, 0.1) is 46.3 Å². The molecular formula is C33H50O6. The standard InChI is InChI=1S/C33H50O6/c1-19(2)30(38-22(5)35)14-9-20(3)27-12-13-28-26-11-10-24-17-25(37-21(4)34)18-31(39-23(6)36)33(24,8)29(26)15-16-32(27,28)7/h10-11,17,19-20,25-31H,9,12-16,18H2,1-8H3/t20-,25-,26+,27-,28+,29+,30?,31+,32-,33+/m1/s1. The highest BCUT2D eigenvalue weighted by molar-refractivity contribution is 5.67. The van der Waals surface area contributed by atoms with E-state index in [0.717, 1.165) is 24.8 Å². The van der Waals surface area contributed by atoms with Gasteiger partial charge in [-0.25, -0.2) is 0 Å². The summed E-state index contributed by atoms with van der Waals surface area (Å²) in [5.74, 6) is 2.18. The Morgan fingerprint density at radius 3 is 2.23 bits per heavy atom. The Morgan fingerprint density at radius 2 is 1.62 bits per heavy atom. The van der Waals surface area contributed by atoms with E-state index in [-0.39, 0.29) is 47.0 Å². The van der Waals surface area contributed by atoms with Crippen molar-refractivity contribution in [3.63, 3.8) is 0 Å². The van der Waals surface area contributed by atoms with E-state index in [0.29, 0.717) is 41.9 Å². The Labute approximate surface area is 235 Å². The smallest absolute Gasteiger partial charge is 0.303 e. The highest BCUT2D eigenvalue weighted by Crippen LogP contribution is 2.66. The van der Waals surface area contributed by atoms with Crippen LogP contribution < -0.4 is 0 Å². The van der Waals surface area contributed by atoms with Gasteiger partial charge in [-0.15, -0.1) is 0 Å². The molecule has 0 aromatic rings. The molecule has 0 N–H and O–H groups in total. The lowest BCUT2D eigenvalue weighted by molar-refractivity contribution is -0.164. The molecule has 218 valence electrons. The Hall–Kier alpha value is -2.11. The van der Waals surface area contributed by atoms with Crippen LogP contribution in [0.5, 0.6) is 0 Å². The summed E-state index contributed by atoms with van der Waals surface area (Å²) >= 11 is 0. The quantitative estimate of drug-likeness (QED) is 0.247. The lowest BCUT2D eigenvalue weighted by atomic mass is 9.47. The van der Waals surface area contributed by atoms with E-state index in [9.17, 15) is 14.4 Å². The van der Waals surface area contributed by atoms with Crippen molar-refractivity contribution in [2.24, 2.45) is 46.3 Å². The highest BCUT2D eigenvalue weighted by Gasteiger charge is 2.61. The normalized spacial score (nSPS) is 38.5. The van der Waals surface area contributed by atoms with E-state index < -0.39 is 0 Å². The Morgan fingerprint density at radius 1 is 0.923 bits per heavy atom. The molecule has 0 bridgehead atoms. The number of allylic oxidation sites excluding steroid dienone is 2. The summed E-state index contributed by atoms with van der Waals surface area (Å²) < 4.78 is 17.2. The van der Waals surface area contributed by atoms with E-state index in [2.05, 4.69) is 52.8 Å². The zero-order valence-corrected chi connectivity index (χ0v) is 25.3. The largest absolute Gasteiger partial charge is 0.462 e. The van der Waals surface area contributed by atoms with Crippen molar-refractivity contribution in [3.8, 4) is 0 Å². The summed E-state index contributed by atoms with van der Waals surface area (Å²) in [5, 5.41) is 0. The van der Waals surface area contributed by atoms with Crippen LogP contribution in [0.25, 0.3) is 0 Å². The van der Waals surface area contributed by atoms with Crippen molar-refractivity contribution in [1.82, 2.24) is 0 Å². The van der Waals surface area contributed by atoms with Gasteiger partial charge in [0.15, 0.2) is 0 Å². The number of ether oxygens (including phenoxy) is 3. The molecule has 0 heterocycles. The van der Waals surface area contributed by atoms with Crippen molar-refractivity contribution in [3.05, 3.63) is 23.8 Å². The zero-order chi connectivity index (χ0) is 28.7. The highest BCUT2D eigenvalue weighted by atomic mass is 16.6. The van der Waals surface area contributed by atoms with Crippen LogP contribution in [0.1, 0.15) is 100 Å². The number of fused-ring (bicyclic) bond motifs is 5. The fraction of sp³-hybridized carbons (Fsp3) is 0.788. The molecule has 39 heavy (non-hydrogen) atoms. The van der Waals surface area contributed by atoms with E-state index in [1.54, 1.807) is 0 Å². The Balaban J connectivity index is 1.55. The fourth-order valence-corrected chi connectivity index (χ4v) is 9.17. The first kappa shape index (κ1) is 29.9.